The highest BCUT2D eigenvalue weighted by Crippen LogP contribution is 2.24. The van der Waals surface area contributed by atoms with Crippen LogP contribution in [-0.2, 0) is 11.3 Å². The standard InChI is InChI=1S/C19H29ClN2O/c1-14(2)22(13-16-6-4-8-18(20)11-16)19(23)10-15(3)17-7-5-9-21-12-17/h4,6,8,11,14-15,17,21H,5,7,9-10,12-13H2,1-3H3. The monoisotopic (exact) mass is 336 g/mol. The average molecular weight is 337 g/mol. The van der Waals surface area contributed by atoms with Crippen LogP contribution in [0.3, 0.4) is 0 Å². The van der Waals surface area contributed by atoms with Crippen LogP contribution >= 0.6 is 11.6 Å². The van der Waals surface area contributed by atoms with Gasteiger partial charge in [0.25, 0.3) is 0 Å². The second kappa shape index (κ2) is 8.70. The van der Waals surface area contributed by atoms with Gasteiger partial charge >= 0.3 is 0 Å². The molecule has 0 spiro atoms. The molecule has 4 heteroatoms. The zero-order valence-corrected chi connectivity index (χ0v) is 15.3. The van der Waals surface area contributed by atoms with Gasteiger partial charge in [0.15, 0.2) is 0 Å². The Kier molecular flexibility index (Phi) is 6.91. The zero-order chi connectivity index (χ0) is 16.8. The number of piperidine rings is 1. The summed E-state index contributed by atoms with van der Waals surface area (Å²) >= 11 is 6.06. The van der Waals surface area contributed by atoms with Crippen LogP contribution in [0, 0.1) is 11.8 Å². The third-order valence-electron chi connectivity index (χ3n) is 4.82. The molecule has 0 radical (unpaired) electrons. The fourth-order valence-corrected chi connectivity index (χ4v) is 3.53. The first-order valence-electron chi connectivity index (χ1n) is 8.72. The molecule has 1 aliphatic heterocycles. The predicted molar refractivity (Wildman–Crippen MR) is 96.5 cm³/mol. The van der Waals surface area contributed by atoms with E-state index < -0.39 is 0 Å². The highest BCUT2D eigenvalue weighted by Gasteiger charge is 2.25. The van der Waals surface area contributed by atoms with E-state index in [0.717, 1.165) is 23.7 Å². The maximum absolute atomic E-state index is 12.8. The van der Waals surface area contributed by atoms with Crippen molar-refractivity contribution in [2.45, 2.75) is 52.6 Å². The molecule has 0 aliphatic carbocycles. The van der Waals surface area contributed by atoms with Crippen molar-refractivity contribution in [2.75, 3.05) is 13.1 Å². The molecule has 0 aromatic heterocycles. The van der Waals surface area contributed by atoms with E-state index in [1.54, 1.807) is 0 Å². The first-order chi connectivity index (χ1) is 11.0. The topological polar surface area (TPSA) is 32.3 Å². The Morgan fingerprint density at radius 3 is 2.78 bits per heavy atom. The number of hydrogen-bond acceptors (Lipinski definition) is 2. The van der Waals surface area contributed by atoms with E-state index in [-0.39, 0.29) is 11.9 Å². The molecule has 2 rings (SSSR count). The molecule has 1 amide bonds. The van der Waals surface area contributed by atoms with Crippen LogP contribution in [0.5, 0.6) is 0 Å². The lowest BCUT2D eigenvalue weighted by atomic mass is 9.85. The van der Waals surface area contributed by atoms with Crippen molar-refractivity contribution in [3.63, 3.8) is 0 Å². The number of nitrogens with zero attached hydrogens (tertiary/aromatic N) is 1. The SMILES string of the molecule is CC(CC(=O)N(Cc1cccc(Cl)c1)C(C)C)C1CCCNC1. The first-order valence-corrected chi connectivity index (χ1v) is 9.09. The van der Waals surface area contributed by atoms with Crippen molar-refractivity contribution in [1.29, 1.82) is 0 Å². The minimum Gasteiger partial charge on any atom is -0.336 e. The van der Waals surface area contributed by atoms with Crippen molar-refractivity contribution in [2.24, 2.45) is 11.8 Å². The molecule has 1 aliphatic rings. The molecule has 1 heterocycles. The zero-order valence-electron chi connectivity index (χ0n) is 14.5. The van der Waals surface area contributed by atoms with Gasteiger partial charge in [-0.15, -0.1) is 0 Å². The van der Waals surface area contributed by atoms with E-state index in [1.807, 2.05) is 29.2 Å². The molecular weight excluding hydrogens is 308 g/mol. The van der Waals surface area contributed by atoms with Crippen molar-refractivity contribution >= 4 is 17.5 Å². The molecule has 2 unspecified atom stereocenters. The van der Waals surface area contributed by atoms with E-state index in [0.29, 0.717) is 24.8 Å². The Bertz CT molecular complexity index is 512. The Morgan fingerprint density at radius 1 is 1.39 bits per heavy atom. The number of hydrogen-bond donors (Lipinski definition) is 1. The summed E-state index contributed by atoms with van der Waals surface area (Å²) in [6.45, 7) is 9.17. The molecule has 23 heavy (non-hydrogen) atoms. The normalized spacial score (nSPS) is 19.6. The second-order valence-electron chi connectivity index (χ2n) is 7.03. The van der Waals surface area contributed by atoms with E-state index in [2.05, 4.69) is 26.1 Å². The largest absolute Gasteiger partial charge is 0.336 e. The third kappa shape index (κ3) is 5.50. The molecule has 1 aromatic rings. The van der Waals surface area contributed by atoms with Gasteiger partial charge < -0.3 is 10.2 Å². The summed E-state index contributed by atoms with van der Waals surface area (Å²) in [4.78, 5) is 14.8. The smallest absolute Gasteiger partial charge is 0.223 e. The van der Waals surface area contributed by atoms with Crippen LogP contribution in [0.4, 0.5) is 0 Å². The fourth-order valence-electron chi connectivity index (χ4n) is 3.31. The summed E-state index contributed by atoms with van der Waals surface area (Å²) in [6.07, 6.45) is 3.09. The van der Waals surface area contributed by atoms with Crippen LogP contribution in [-0.4, -0.2) is 29.9 Å². The van der Waals surface area contributed by atoms with Gasteiger partial charge in [-0.1, -0.05) is 30.7 Å². The highest BCUT2D eigenvalue weighted by molar-refractivity contribution is 6.30. The van der Waals surface area contributed by atoms with Gasteiger partial charge in [-0.05, 0) is 69.3 Å². The summed E-state index contributed by atoms with van der Waals surface area (Å²) in [5.74, 6) is 1.29. The molecule has 3 nitrogen and oxygen atoms in total. The average Bonchev–Trinajstić information content (AvgIpc) is 2.53. The Morgan fingerprint density at radius 2 is 2.17 bits per heavy atom. The van der Waals surface area contributed by atoms with Crippen LogP contribution in [0.1, 0.15) is 45.6 Å². The molecule has 0 bridgehead atoms. The molecule has 128 valence electrons. The number of amides is 1. The van der Waals surface area contributed by atoms with Gasteiger partial charge in [-0.3, -0.25) is 4.79 Å². The molecular formula is C19H29ClN2O. The summed E-state index contributed by atoms with van der Waals surface area (Å²) in [7, 11) is 0. The van der Waals surface area contributed by atoms with E-state index in [4.69, 9.17) is 11.6 Å². The number of benzene rings is 1. The maximum atomic E-state index is 12.8. The minimum absolute atomic E-state index is 0.193. The van der Waals surface area contributed by atoms with Crippen molar-refractivity contribution < 1.29 is 4.79 Å². The quantitative estimate of drug-likeness (QED) is 0.848. The lowest BCUT2D eigenvalue weighted by Crippen LogP contribution is -2.39. The van der Waals surface area contributed by atoms with Crippen molar-refractivity contribution in [3.05, 3.63) is 34.9 Å². The summed E-state index contributed by atoms with van der Waals surface area (Å²) in [6, 6.07) is 7.97. The Labute approximate surface area is 145 Å². The van der Waals surface area contributed by atoms with Gasteiger partial charge in [0.05, 0.1) is 0 Å². The maximum Gasteiger partial charge on any atom is 0.223 e. The molecule has 2 atom stereocenters. The lowest BCUT2D eigenvalue weighted by molar-refractivity contribution is -0.134. The predicted octanol–water partition coefficient (Wildman–Crippen LogP) is 4.10. The van der Waals surface area contributed by atoms with Crippen molar-refractivity contribution in [3.8, 4) is 0 Å². The minimum atomic E-state index is 0.193. The molecule has 1 aromatic carbocycles. The van der Waals surface area contributed by atoms with Gasteiger partial charge in [-0.2, -0.15) is 0 Å². The summed E-state index contributed by atoms with van der Waals surface area (Å²) in [5.41, 5.74) is 1.09. The number of carbonyl (C=O) groups is 1. The number of nitrogens with one attached hydrogen (secondary N) is 1. The van der Waals surface area contributed by atoms with Gasteiger partial charge in [0.1, 0.15) is 0 Å². The lowest BCUT2D eigenvalue weighted by Gasteiger charge is -2.32. The number of halogens is 1. The molecule has 1 fully saturated rings. The van der Waals surface area contributed by atoms with E-state index in [9.17, 15) is 4.79 Å². The Hall–Kier alpha value is -1.06. The van der Waals surface area contributed by atoms with E-state index >= 15 is 0 Å². The Balaban J connectivity index is 1.97. The number of rotatable bonds is 6. The summed E-state index contributed by atoms with van der Waals surface area (Å²) < 4.78 is 0. The fraction of sp³-hybridized carbons (Fsp3) is 0.632. The van der Waals surface area contributed by atoms with Crippen LogP contribution < -0.4 is 5.32 Å². The summed E-state index contributed by atoms with van der Waals surface area (Å²) in [5, 5.41) is 4.17. The van der Waals surface area contributed by atoms with Gasteiger partial charge in [0, 0.05) is 24.0 Å². The van der Waals surface area contributed by atoms with Crippen LogP contribution in [0.15, 0.2) is 24.3 Å². The molecule has 0 saturated carbocycles. The van der Waals surface area contributed by atoms with Gasteiger partial charge in [0.2, 0.25) is 5.91 Å². The first kappa shape index (κ1) is 18.3. The van der Waals surface area contributed by atoms with Crippen molar-refractivity contribution in [1.82, 2.24) is 10.2 Å². The highest BCUT2D eigenvalue weighted by atomic mass is 35.5. The second-order valence-corrected chi connectivity index (χ2v) is 7.47. The van der Waals surface area contributed by atoms with Gasteiger partial charge in [-0.25, -0.2) is 0 Å². The van der Waals surface area contributed by atoms with Crippen LogP contribution in [0.2, 0.25) is 5.02 Å². The number of carbonyl (C=O) groups excluding carboxylic acids is 1. The third-order valence-corrected chi connectivity index (χ3v) is 5.06. The molecule has 1 N–H and O–H groups in total. The van der Waals surface area contributed by atoms with Crippen LogP contribution in [0.25, 0.3) is 0 Å². The molecule has 1 saturated heterocycles. The van der Waals surface area contributed by atoms with E-state index in [1.165, 1.54) is 12.8 Å².